The molecule has 1 aromatic heterocycles. The Morgan fingerprint density at radius 3 is 3.17 bits per heavy atom. The smallest absolute Gasteiger partial charge is 0.181 e. The second-order valence-corrected chi connectivity index (χ2v) is 3.15. The van der Waals surface area contributed by atoms with Gasteiger partial charge in [0.2, 0.25) is 0 Å². The first-order chi connectivity index (χ1) is 6.18. The van der Waals surface area contributed by atoms with E-state index in [1.54, 1.807) is 0 Å². The largest absolute Gasteiger partial charge is 0.443 e. The standard InChI is InChI=1S/C10H11NO/c1-7(2)8-3-4-10-9(5-8)11-6-12-10/h3-7H,1-2H3/i4T. The molecule has 2 heteroatoms. The van der Waals surface area contributed by atoms with Crippen molar-refractivity contribution in [3.05, 3.63) is 30.1 Å². The maximum absolute atomic E-state index is 7.68. The fourth-order valence-corrected chi connectivity index (χ4v) is 1.15. The van der Waals surface area contributed by atoms with Crippen LogP contribution in [0.5, 0.6) is 0 Å². The van der Waals surface area contributed by atoms with Crippen molar-refractivity contribution in [3.63, 3.8) is 0 Å². The van der Waals surface area contributed by atoms with Crippen LogP contribution in [-0.2, 0) is 0 Å². The summed E-state index contributed by atoms with van der Waals surface area (Å²) < 4.78 is 12.8. The summed E-state index contributed by atoms with van der Waals surface area (Å²) in [7, 11) is 0. The predicted molar refractivity (Wildman–Crippen MR) is 48.1 cm³/mol. The minimum Gasteiger partial charge on any atom is -0.443 e. The van der Waals surface area contributed by atoms with Gasteiger partial charge in [-0.05, 0) is 23.6 Å². The van der Waals surface area contributed by atoms with Crippen molar-refractivity contribution in [1.82, 2.24) is 4.98 Å². The van der Waals surface area contributed by atoms with Gasteiger partial charge in [-0.3, -0.25) is 0 Å². The van der Waals surface area contributed by atoms with E-state index >= 15 is 0 Å². The lowest BCUT2D eigenvalue weighted by atomic mass is 10.0. The minimum absolute atomic E-state index is 0.415. The van der Waals surface area contributed by atoms with Crippen LogP contribution in [0.2, 0.25) is 0 Å². The average molecular weight is 163 g/mol. The topological polar surface area (TPSA) is 26.0 Å². The van der Waals surface area contributed by atoms with Crippen LogP contribution in [-0.4, -0.2) is 4.98 Å². The number of nitrogens with zero attached hydrogens (tertiary/aromatic N) is 1. The van der Waals surface area contributed by atoms with Gasteiger partial charge in [0.05, 0.1) is 1.37 Å². The summed E-state index contributed by atoms with van der Waals surface area (Å²) in [5.41, 5.74) is 2.48. The molecule has 62 valence electrons. The number of oxazole rings is 1. The summed E-state index contributed by atoms with van der Waals surface area (Å²) in [6, 6.07) is 4.22. The lowest BCUT2D eigenvalue weighted by molar-refractivity contribution is 0.602. The average Bonchev–Trinajstić information content (AvgIpc) is 2.51. The molecule has 1 aromatic carbocycles. The molecule has 0 atom stereocenters. The first-order valence-electron chi connectivity index (χ1n) is 4.52. The van der Waals surface area contributed by atoms with Crippen LogP contribution in [0.15, 0.2) is 29.0 Å². The normalized spacial score (nSPS) is 12.4. The molecule has 0 aliphatic heterocycles. The number of hydrogen-bond acceptors (Lipinski definition) is 2. The molecule has 0 unspecified atom stereocenters. The highest BCUT2D eigenvalue weighted by atomic mass is 16.3. The molecule has 0 saturated carbocycles. The summed E-state index contributed by atoms with van der Waals surface area (Å²) in [6.07, 6.45) is 1.38. The summed E-state index contributed by atoms with van der Waals surface area (Å²) in [5.74, 6) is 0.421. The van der Waals surface area contributed by atoms with Crippen LogP contribution < -0.4 is 0 Å². The van der Waals surface area contributed by atoms with E-state index < -0.39 is 0 Å². The molecule has 0 spiro atoms. The van der Waals surface area contributed by atoms with E-state index in [2.05, 4.69) is 18.8 Å². The third kappa shape index (κ3) is 1.09. The Balaban J connectivity index is 2.70. The SMILES string of the molecule is [3H]c1cc(C(C)C)cc2ncoc12. The summed E-state index contributed by atoms with van der Waals surface area (Å²) in [6.45, 7) is 4.20. The zero-order valence-electron chi connectivity index (χ0n) is 8.16. The van der Waals surface area contributed by atoms with Crippen molar-refractivity contribution >= 4 is 11.1 Å². The number of fused-ring (bicyclic) bond motifs is 1. The second-order valence-electron chi connectivity index (χ2n) is 3.15. The zero-order valence-corrected chi connectivity index (χ0v) is 7.16. The van der Waals surface area contributed by atoms with Gasteiger partial charge >= 0.3 is 0 Å². The molecular formula is C10H11NO. The Morgan fingerprint density at radius 1 is 1.58 bits per heavy atom. The van der Waals surface area contributed by atoms with E-state index in [9.17, 15) is 0 Å². The van der Waals surface area contributed by atoms with Crippen molar-refractivity contribution in [3.8, 4) is 0 Å². The Kier molecular flexibility index (Phi) is 1.36. The van der Waals surface area contributed by atoms with Gasteiger partial charge in [0.25, 0.3) is 0 Å². The van der Waals surface area contributed by atoms with Gasteiger partial charge < -0.3 is 4.42 Å². The number of rotatable bonds is 1. The van der Waals surface area contributed by atoms with E-state index in [4.69, 9.17) is 5.79 Å². The maximum atomic E-state index is 7.68. The van der Waals surface area contributed by atoms with Gasteiger partial charge in [-0.25, -0.2) is 4.98 Å². The number of hydrogen-bond donors (Lipinski definition) is 0. The van der Waals surface area contributed by atoms with Crippen molar-refractivity contribution in [2.45, 2.75) is 19.8 Å². The summed E-state index contributed by atoms with van der Waals surface area (Å²) in [5, 5.41) is 0. The van der Waals surface area contributed by atoms with Gasteiger partial charge in [0.15, 0.2) is 12.0 Å². The molecule has 12 heavy (non-hydrogen) atoms. The quantitative estimate of drug-likeness (QED) is 0.646. The molecule has 0 aliphatic rings. The van der Waals surface area contributed by atoms with Crippen LogP contribution in [0.25, 0.3) is 11.1 Å². The van der Waals surface area contributed by atoms with Crippen LogP contribution >= 0.6 is 0 Å². The van der Waals surface area contributed by atoms with Crippen LogP contribution in [0.3, 0.4) is 0 Å². The first-order valence-corrected chi connectivity index (χ1v) is 4.02. The molecule has 2 rings (SSSR count). The zero-order chi connectivity index (χ0) is 9.42. The van der Waals surface area contributed by atoms with E-state index in [0.29, 0.717) is 17.5 Å². The monoisotopic (exact) mass is 163 g/mol. The van der Waals surface area contributed by atoms with Gasteiger partial charge in [-0.15, -0.1) is 0 Å². The highest BCUT2D eigenvalue weighted by Crippen LogP contribution is 2.19. The number of benzene rings is 1. The van der Waals surface area contributed by atoms with Crippen LogP contribution in [0.4, 0.5) is 0 Å². The predicted octanol–water partition coefficient (Wildman–Crippen LogP) is 2.95. The fraction of sp³-hybridized carbons (Fsp3) is 0.300. The van der Waals surface area contributed by atoms with Crippen LogP contribution in [0, 0.1) is 0 Å². The molecule has 2 aromatic rings. The Labute approximate surface area is 72.6 Å². The van der Waals surface area contributed by atoms with Gasteiger partial charge in [0.1, 0.15) is 5.52 Å². The molecule has 0 amide bonds. The molecule has 1 heterocycles. The van der Waals surface area contributed by atoms with E-state index in [0.717, 1.165) is 11.1 Å². The highest BCUT2D eigenvalue weighted by molar-refractivity contribution is 5.72. The third-order valence-electron chi connectivity index (χ3n) is 1.93. The minimum atomic E-state index is 0.415. The van der Waals surface area contributed by atoms with E-state index in [-0.39, 0.29) is 0 Å². The molecule has 0 aliphatic carbocycles. The number of aromatic nitrogens is 1. The molecule has 0 fully saturated rings. The Morgan fingerprint density at radius 2 is 2.42 bits per heavy atom. The fourth-order valence-electron chi connectivity index (χ4n) is 1.15. The lowest BCUT2D eigenvalue weighted by Gasteiger charge is -2.02. The van der Waals surface area contributed by atoms with Crippen molar-refractivity contribution in [2.75, 3.05) is 0 Å². The van der Waals surface area contributed by atoms with Crippen molar-refractivity contribution < 1.29 is 5.79 Å². The lowest BCUT2D eigenvalue weighted by Crippen LogP contribution is -1.85. The molecule has 0 saturated heterocycles. The highest BCUT2D eigenvalue weighted by Gasteiger charge is 2.02. The van der Waals surface area contributed by atoms with Crippen LogP contribution in [0.1, 0.15) is 26.7 Å². The summed E-state index contributed by atoms with van der Waals surface area (Å²) in [4.78, 5) is 4.04. The summed E-state index contributed by atoms with van der Waals surface area (Å²) >= 11 is 0. The third-order valence-corrected chi connectivity index (χ3v) is 1.93. The van der Waals surface area contributed by atoms with Crippen molar-refractivity contribution in [2.24, 2.45) is 0 Å². The van der Waals surface area contributed by atoms with E-state index in [1.807, 2.05) is 12.1 Å². The van der Waals surface area contributed by atoms with Gasteiger partial charge in [-0.2, -0.15) is 0 Å². The maximum Gasteiger partial charge on any atom is 0.181 e. The molecule has 0 bridgehead atoms. The molecular weight excluding hydrogens is 150 g/mol. The molecule has 2 nitrogen and oxygen atoms in total. The molecule has 0 radical (unpaired) electrons. The Bertz CT molecular complexity index is 433. The van der Waals surface area contributed by atoms with Gasteiger partial charge in [0, 0.05) is 0 Å². The second kappa shape index (κ2) is 2.63. The van der Waals surface area contributed by atoms with Gasteiger partial charge in [-0.1, -0.05) is 19.9 Å². The Hall–Kier alpha value is -1.31. The first kappa shape index (κ1) is 6.23. The van der Waals surface area contributed by atoms with E-state index in [1.165, 1.54) is 6.39 Å². The van der Waals surface area contributed by atoms with Crippen molar-refractivity contribution in [1.29, 1.82) is 0 Å². The molecule has 0 N–H and O–H groups in total.